The Morgan fingerprint density at radius 2 is 2.19 bits per heavy atom. The maximum Gasteiger partial charge on any atom is 0.425 e. The van der Waals surface area contributed by atoms with Gasteiger partial charge in [-0.15, -0.1) is 5.10 Å². The number of aromatic nitrogens is 4. The Balaban J connectivity index is 2.59. The van der Waals surface area contributed by atoms with E-state index in [0.29, 0.717) is 0 Å². The summed E-state index contributed by atoms with van der Waals surface area (Å²) in [5.74, 6) is -0.710. The molecule has 0 spiro atoms. The third kappa shape index (κ3) is 1.62. The predicted octanol–water partition coefficient (Wildman–Crippen LogP) is 1.62. The van der Waals surface area contributed by atoms with E-state index in [9.17, 15) is 13.2 Å². The third-order valence-electron chi connectivity index (χ3n) is 1.95. The summed E-state index contributed by atoms with van der Waals surface area (Å²) in [6, 6.07) is 0. The number of nitrogens with one attached hydrogen (secondary N) is 1. The summed E-state index contributed by atoms with van der Waals surface area (Å²) < 4.78 is 44.0. The first kappa shape index (κ1) is 10.5. The van der Waals surface area contributed by atoms with Gasteiger partial charge in [0.1, 0.15) is 12.1 Å². The van der Waals surface area contributed by atoms with Crippen LogP contribution in [0.4, 0.5) is 13.2 Å². The fraction of sp³-hybridized carbons (Fsp3) is 0.250. The van der Waals surface area contributed by atoms with E-state index >= 15 is 0 Å². The average Bonchev–Trinajstić information content (AvgIpc) is 2.84. The Hall–Kier alpha value is -1.99. The summed E-state index contributed by atoms with van der Waals surface area (Å²) in [7, 11) is 1.13. The number of rotatable bonds is 2. The fourth-order valence-electron chi connectivity index (χ4n) is 1.30. The van der Waals surface area contributed by atoms with Crippen LogP contribution in [0, 0.1) is 0 Å². The van der Waals surface area contributed by atoms with Gasteiger partial charge in [0, 0.05) is 12.4 Å². The second kappa shape index (κ2) is 3.54. The van der Waals surface area contributed by atoms with Crippen LogP contribution in [0.15, 0.2) is 18.7 Å². The van der Waals surface area contributed by atoms with Crippen molar-refractivity contribution in [3.05, 3.63) is 24.3 Å². The molecule has 0 aliphatic rings. The summed E-state index contributed by atoms with van der Waals surface area (Å²) in [5, 5.41) is 5.70. The van der Waals surface area contributed by atoms with Crippen molar-refractivity contribution in [2.75, 3.05) is 7.11 Å². The number of hydrogen-bond donors (Lipinski definition) is 1. The Morgan fingerprint density at radius 1 is 1.44 bits per heavy atom. The normalized spacial score (nSPS) is 11.8. The molecule has 0 radical (unpaired) electrons. The van der Waals surface area contributed by atoms with Gasteiger partial charge in [-0.2, -0.15) is 13.2 Å². The molecule has 0 aliphatic heterocycles. The van der Waals surface area contributed by atoms with Crippen LogP contribution in [0.25, 0.3) is 5.82 Å². The lowest BCUT2D eigenvalue weighted by Gasteiger charge is -2.08. The third-order valence-corrected chi connectivity index (χ3v) is 1.95. The molecule has 2 aromatic rings. The van der Waals surface area contributed by atoms with Gasteiger partial charge in [0.2, 0.25) is 5.88 Å². The number of ether oxygens (including phenoxy) is 1. The molecule has 1 N–H and O–H groups in total. The molecule has 86 valence electrons. The molecule has 2 aromatic heterocycles. The highest BCUT2D eigenvalue weighted by Crippen LogP contribution is 2.38. The highest BCUT2D eigenvalue weighted by Gasteiger charge is 2.40. The predicted molar refractivity (Wildman–Crippen MR) is 47.3 cm³/mol. The molecule has 16 heavy (non-hydrogen) atoms. The van der Waals surface area contributed by atoms with Crippen LogP contribution in [0.5, 0.6) is 5.88 Å². The monoisotopic (exact) mass is 232 g/mol. The Kier molecular flexibility index (Phi) is 2.33. The van der Waals surface area contributed by atoms with Crippen LogP contribution >= 0.6 is 0 Å². The first-order valence-corrected chi connectivity index (χ1v) is 4.22. The zero-order chi connectivity index (χ0) is 11.8. The van der Waals surface area contributed by atoms with Crippen molar-refractivity contribution in [2.45, 2.75) is 6.18 Å². The number of alkyl halides is 3. The van der Waals surface area contributed by atoms with Gasteiger partial charge in [-0.3, -0.25) is 9.67 Å². The zero-order valence-electron chi connectivity index (χ0n) is 8.12. The molecule has 8 heteroatoms. The largest absolute Gasteiger partial charge is 0.479 e. The molecular weight excluding hydrogens is 225 g/mol. The molecule has 2 rings (SSSR count). The topological polar surface area (TPSA) is 55.7 Å². The first-order chi connectivity index (χ1) is 7.54. The SMILES string of the molecule is COc1n[nH]c(-n2ccnc2)c1C(F)(F)F. The molecule has 0 aromatic carbocycles. The minimum atomic E-state index is -4.54. The van der Waals surface area contributed by atoms with E-state index in [2.05, 4.69) is 19.9 Å². The molecule has 0 bridgehead atoms. The molecule has 5 nitrogen and oxygen atoms in total. The Labute approximate surface area is 87.9 Å². The van der Waals surface area contributed by atoms with Crippen LogP contribution in [0.1, 0.15) is 5.56 Å². The van der Waals surface area contributed by atoms with E-state index in [1.165, 1.54) is 23.3 Å². The lowest BCUT2D eigenvalue weighted by Crippen LogP contribution is -2.10. The van der Waals surface area contributed by atoms with Crippen molar-refractivity contribution in [2.24, 2.45) is 0 Å². The maximum absolute atomic E-state index is 12.7. The Bertz CT molecular complexity index is 474. The van der Waals surface area contributed by atoms with Crippen LogP contribution in [0.3, 0.4) is 0 Å². The smallest absolute Gasteiger partial charge is 0.425 e. The number of nitrogens with zero attached hydrogens (tertiary/aromatic N) is 3. The van der Waals surface area contributed by atoms with E-state index in [0.717, 1.165) is 7.11 Å². The summed E-state index contributed by atoms with van der Waals surface area (Å²) in [4.78, 5) is 3.66. The Morgan fingerprint density at radius 3 is 2.69 bits per heavy atom. The minimum absolute atomic E-state index is 0.221. The van der Waals surface area contributed by atoms with Gasteiger partial charge in [0.15, 0.2) is 5.56 Å². The van der Waals surface area contributed by atoms with Crippen molar-refractivity contribution >= 4 is 0 Å². The second-order valence-electron chi connectivity index (χ2n) is 2.92. The van der Waals surface area contributed by atoms with Gasteiger partial charge >= 0.3 is 6.18 Å². The molecule has 0 amide bonds. The molecule has 0 fully saturated rings. The maximum atomic E-state index is 12.7. The van der Waals surface area contributed by atoms with Crippen LogP contribution in [0.2, 0.25) is 0 Å². The molecular formula is C8H7F3N4O. The van der Waals surface area contributed by atoms with E-state index in [4.69, 9.17) is 0 Å². The van der Waals surface area contributed by atoms with E-state index in [1.54, 1.807) is 0 Å². The average molecular weight is 232 g/mol. The lowest BCUT2D eigenvalue weighted by atomic mass is 10.3. The summed E-state index contributed by atoms with van der Waals surface area (Å²) in [6.45, 7) is 0. The quantitative estimate of drug-likeness (QED) is 0.855. The molecule has 0 atom stereocenters. The highest BCUT2D eigenvalue weighted by molar-refractivity contribution is 5.43. The fourth-order valence-corrected chi connectivity index (χ4v) is 1.30. The van der Waals surface area contributed by atoms with Crippen LogP contribution in [-0.4, -0.2) is 26.9 Å². The highest BCUT2D eigenvalue weighted by atomic mass is 19.4. The molecule has 0 saturated heterocycles. The standard InChI is InChI=1S/C8H7F3N4O/c1-16-7-5(8(9,10)11)6(13-14-7)15-3-2-12-4-15/h2-4H,1H3,(H,13,14). The zero-order valence-corrected chi connectivity index (χ0v) is 8.12. The van der Waals surface area contributed by atoms with Gasteiger partial charge in [0.25, 0.3) is 0 Å². The number of H-pyrrole nitrogens is 1. The summed E-state index contributed by atoms with van der Waals surface area (Å²) >= 11 is 0. The number of hydrogen-bond acceptors (Lipinski definition) is 3. The number of methoxy groups -OCH3 is 1. The number of imidazole rings is 1. The van der Waals surface area contributed by atoms with Crippen molar-refractivity contribution < 1.29 is 17.9 Å². The van der Waals surface area contributed by atoms with Gasteiger partial charge in [0.05, 0.1) is 7.11 Å². The van der Waals surface area contributed by atoms with Gasteiger partial charge in [-0.05, 0) is 0 Å². The molecule has 2 heterocycles. The van der Waals surface area contributed by atoms with Crippen molar-refractivity contribution in [1.29, 1.82) is 0 Å². The first-order valence-electron chi connectivity index (χ1n) is 4.22. The van der Waals surface area contributed by atoms with Crippen LogP contribution in [-0.2, 0) is 6.18 Å². The van der Waals surface area contributed by atoms with E-state index in [1.807, 2.05) is 0 Å². The van der Waals surface area contributed by atoms with Crippen molar-refractivity contribution in [3.8, 4) is 11.7 Å². The molecule has 0 unspecified atom stereocenters. The van der Waals surface area contributed by atoms with Gasteiger partial charge in [-0.1, -0.05) is 0 Å². The van der Waals surface area contributed by atoms with Gasteiger partial charge in [-0.25, -0.2) is 4.98 Å². The van der Waals surface area contributed by atoms with E-state index < -0.39 is 17.6 Å². The van der Waals surface area contributed by atoms with E-state index in [-0.39, 0.29) is 5.82 Å². The molecule has 0 aliphatic carbocycles. The van der Waals surface area contributed by atoms with Gasteiger partial charge < -0.3 is 4.74 Å². The summed E-state index contributed by atoms with van der Waals surface area (Å²) in [5.41, 5.74) is -0.951. The lowest BCUT2D eigenvalue weighted by molar-refractivity contribution is -0.138. The minimum Gasteiger partial charge on any atom is -0.479 e. The second-order valence-corrected chi connectivity index (χ2v) is 2.92. The number of aromatic amines is 1. The van der Waals surface area contributed by atoms with Crippen molar-refractivity contribution in [3.63, 3.8) is 0 Å². The summed E-state index contributed by atoms with van der Waals surface area (Å²) in [6.07, 6.45) is -0.560. The number of halogens is 3. The molecule has 0 saturated carbocycles. The van der Waals surface area contributed by atoms with Crippen LogP contribution < -0.4 is 4.74 Å². The van der Waals surface area contributed by atoms with Crippen molar-refractivity contribution in [1.82, 2.24) is 19.7 Å².